The number of halogens is 1. The van der Waals surface area contributed by atoms with E-state index in [0.29, 0.717) is 6.42 Å². The van der Waals surface area contributed by atoms with Gasteiger partial charge >= 0.3 is 5.97 Å². The van der Waals surface area contributed by atoms with Gasteiger partial charge in [0.1, 0.15) is 11.8 Å². The highest BCUT2D eigenvalue weighted by atomic mass is 35.5. The van der Waals surface area contributed by atoms with Gasteiger partial charge < -0.3 is 20.5 Å². The van der Waals surface area contributed by atoms with Crippen molar-refractivity contribution in [3.63, 3.8) is 0 Å². The molecule has 0 bridgehead atoms. The summed E-state index contributed by atoms with van der Waals surface area (Å²) in [5.41, 5.74) is 1.59. The van der Waals surface area contributed by atoms with Gasteiger partial charge in [0.2, 0.25) is 0 Å². The average Bonchev–Trinajstić information content (AvgIpc) is 2.69. The number of rotatable bonds is 4. The largest absolute Gasteiger partial charge is 0.506 e. The predicted octanol–water partition coefficient (Wildman–Crippen LogP) is 1.74. The summed E-state index contributed by atoms with van der Waals surface area (Å²) in [6.07, 6.45) is 2.06. The Morgan fingerprint density at radius 1 is 1.56 bits per heavy atom. The number of aromatic amines is 1. The summed E-state index contributed by atoms with van der Waals surface area (Å²) in [5.74, 6) is -0.925. The lowest BCUT2D eigenvalue weighted by atomic mass is 10.1. The van der Waals surface area contributed by atoms with Crippen LogP contribution < -0.4 is 5.32 Å². The lowest BCUT2D eigenvalue weighted by molar-refractivity contribution is -0.139. The van der Waals surface area contributed by atoms with Gasteiger partial charge in [-0.1, -0.05) is 11.6 Å². The molecule has 0 aliphatic carbocycles. The fourth-order valence-electron chi connectivity index (χ4n) is 1.89. The van der Waals surface area contributed by atoms with Gasteiger partial charge in [-0.15, -0.1) is 0 Å². The molecular weight excluding hydrogens is 256 g/mol. The molecule has 1 atom stereocenters. The third kappa shape index (κ3) is 2.27. The van der Waals surface area contributed by atoms with Crippen molar-refractivity contribution in [2.45, 2.75) is 12.5 Å². The number of aromatic nitrogens is 1. The number of nitrogens with one attached hydrogen (secondary N) is 2. The number of phenolic OH excluding ortho intramolecular Hbond substituents is 1. The highest BCUT2D eigenvalue weighted by Crippen LogP contribution is 2.30. The zero-order valence-corrected chi connectivity index (χ0v) is 10.5. The molecule has 2 rings (SSSR count). The summed E-state index contributed by atoms with van der Waals surface area (Å²) in [6, 6.07) is 2.49. The summed E-state index contributed by atoms with van der Waals surface area (Å²) in [5, 5.41) is 22.4. The molecule has 18 heavy (non-hydrogen) atoms. The molecule has 5 nitrogen and oxygen atoms in total. The molecule has 96 valence electrons. The van der Waals surface area contributed by atoms with E-state index in [0.717, 1.165) is 16.5 Å². The van der Waals surface area contributed by atoms with Crippen LogP contribution in [-0.4, -0.2) is 34.3 Å². The van der Waals surface area contributed by atoms with E-state index in [1.165, 1.54) is 6.07 Å². The zero-order valence-electron chi connectivity index (χ0n) is 9.70. The van der Waals surface area contributed by atoms with E-state index in [2.05, 4.69) is 10.3 Å². The molecule has 1 aromatic carbocycles. The van der Waals surface area contributed by atoms with Crippen LogP contribution in [0.2, 0.25) is 5.02 Å². The molecule has 6 heteroatoms. The maximum Gasteiger partial charge on any atom is 0.321 e. The molecule has 0 amide bonds. The molecule has 2 aromatic rings. The van der Waals surface area contributed by atoms with Crippen LogP contribution in [0, 0.1) is 0 Å². The van der Waals surface area contributed by atoms with Gasteiger partial charge in [-0.2, -0.15) is 0 Å². The van der Waals surface area contributed by atoms with Crippen molar-refractivity contribution in [2.75, 3.05) is 7.05 Å². The van der Waals surface area contributed by atoms with E-state index < -0.39 is 12.0 Å². The minimum absolute atomic E-state index is 0.0126. The Morgan fingerprint density at radius 3 is 2.89 bits per heavy atom. The van der Waals surface area contributed by atoms with Crippen LogP contribution in [-0.2, 0) is 11.2 Å². The van der Waals surface area contributed by atoms with Gasteiger partial charge in [0.05, 0.1) is 5.02 Å². The molecule has 1 aromatic heterocycles. The van der Waals surface area contributed by atoms with Gasteiger partial charge in [0.25, 0.3) is 0 Å². The van der Waals surface area contributed by atoms with Crippen LogP contribution in [0.4, 0.5) is 0 Å². The van der Waals surface area contributed by atoms with Gasteiger partial charge in [-0.05, 0) is 24.7 Å². The van der Waals surface area contributed by atoms with Crippen molar-refractivity contribution >= 4 is 28.5 Å². The third-order valence-electron chi connectivity index (χ3n) is 2.91. The summed E-state index contributed by atoms with van der Waals surface area (Å²) in [7, 11) is 1.60. The number of aliphatic carboxylic acids is 1. The molecule has 1 heterocycles. The van der Waals surface area contributed by atoms with E-state index in [1.54, 1.807) is 19.3 Å². The second-order valence-electron chi connectivity index (χ2n) is 4.05. The van der Waals surface area contributed by atoms with Crippen LogP contribution in [0.1, 0.15) is 5.56 Å². The predicted molar refractivity (Wildman–Crippen MR) is 69.2 cm³/mol. The number of phenols is 1. The summed E-state index contributed by atoms with van der Waals surface area (Å²) >= 11 is 5.80. The van der Waals surface area contributed by atoms with Crippen molar-refractivity contribution < 1.29 is 15.0 Å². The van der Waals surface area contributed by atoms with Gasteiger partial charge in [-0.25, -0.2) is 0 Å². The quantitative estimate of drug-likeness (QED) is 0.680. The zero-order chi connectivity index (χ0) is 13.3. The number of hydrogen-bond donors (Lipinski definition) is 4. The van der Waals surface area contributed by atoms with Crippen LogP contribution >= 0.6 is 11.6 Å². The lowest BCUT2D eigenvalue weighted by Crippen LogP contribution is -2.35. The van der Waals surface area contributed by atoms with Gasteiger partial charge in [0.15, 0.2) is 0 Å². The number of benzene rings is 1. The number of carboxylic acids is 1. The normalized spacial score (nSPS) is 12.8. The summed E-state index contributed by atoms with van der Waals surface area (Å²) < 4.78 is 0. The topological polar surface area (TPSA) is 85.4 Å². The lowest BCUT2D eigenvalue weighted by Gasteiger charge is -2.10. The van der Waals surface area contributed by atoms with Crippen molar-refractivity contribution in [2.24, 2.45) is 0 Å². The number of carboxylic acid groups (broad SMARTS) is 1. The first-order valence-corrected chi connectivity index (χ1v) is 5.79. The molecule has 0 saturated carbocycles. The number of carbonyl (C=O) groups is 1. The monoisotopic (exact) mass is 268 g/mol. The second-order valence-corrected chi connectivity index (χ2v) is 4.45. The summed E-state index contributed by atoms with van der Waals surface area (Å²) in [6.45, 7) is 0. The molecule has 0 unspecified atom stereocenters. The van der Waals surface area contributed by atoms with E-state index in [1.807, 2.05) is 0 Å². The first-order chi connectivity index (χ1) is 8.52. The molecule has 0 spiro atoms. The molecule has 0 aliphatic rings. The van der Waals surface area contributed by atoms with Crippen LogP contribution in [0.15, 0.2) is 18.3 Å². The van der Waals surface area contributed by atoms with Gasteiger partial charge in [0, 0.05) is 23.5 Å². The highest BCUT2D eigenvalue weighted by Gasteiger charge is 2.18. The number of fused-ring (bicyclic) bond motifs is 1. The Hall–Kier alpha value is -1.72. The molecule has 0 radical (unpaired) electrons. The fourth-order valence-corrected chi connectivity index (χ4v) is 2.05. The van der Waals surface area contributed by atoms with Crippen LogP contribution in [0.25, 0.3) is 10.9 Å². The average molecular weight is 269 g/mol. The highest BCUT2D eigenvalue weighted by molar-refractivity contribution is 6.32. The van der Waals surface area contributed by atoms with Crippen molar-refractivity contribution in [3.05, 3.63) is 28.9 Å². The number of likely N-dealkylation sites (N-methyl/N-ethyl adjacent to an activating group) is 1. The Balaban J connectivity index is 2.40. The van der Waals surface area contributed by atoms with Crippen LogP contribution in [0.5, 0.6) is 5.75 Å². The maximum atomic E-state index is 11.0. The van der Waals surface area contributed by atoms with Crippen LogP contribution in [0.3, 0.4) is 0 Å². The molecular formula is C12H13ClN2O3. The van der Waals surface area contributed by atoms with E-state index in [-0.39, 0.29) is 10.8 Å². The van der Waals surface area contributed by atoms with Crippen molar-refractivity contribution in [1.82, 2.24) is 10.3 Å². The fraction of sp³-hybridized carbons (Fsp3) is 0.250. The minimum atomic E-state index is -0.912. The van der Waals surface area contributed by atoms with E-state index in [4.69, 9.17) is 16.7 Å². The van der Waals surface area contributed by atoms with Crippen molar-refractivity contribution in [1.29, 1.82) is 0 Å². The van der Waals surface area contributed by atoms with Gasteiger partial charge in [-0.3, -0.25) is 4.79 Å². The SMILES string of the molecule is CN[C@@H](Cc1c[nH]c2cc(Cl)c(O)cc12)C(=O)O. The van der Waals surface area contributed by atoms with E-state index >= 15 is 0 Å². The smallest absolute Gasteiger partial charge is 0.321 e. The molecule has 0 saturated heterocycles. The van der Waals surface area contributed by atoms with Crippen molar-refractivity contribution in [3.8, 4) is 5.75 Å². The number of aromatic hydroxyl groups is 1. The van der Waals surface area contributed by atoms with E-state index in [9.17, 15) is 9.90 Å². The minimum Gasteiger partial charge on any atom is -0.506 e. The first kappa shape index (κ1) is 12.7. The molecule has 0 aliphatic heterocycles. The maximum absolute atomic E-state index is 11.0. The number of H-pyrrole nitrogens is 1. The molecule has 0 fully saturated rings. The Kier molecular flexibility index (Phi) is 3.45. The first-order valence-electron chi connectivity index (χ1n) is 5.41. The second kappa shape index (κ2) is 4.88. The Bertz CT molecular complexity index is 594. The Morgan fingerprint density at radius 2 is 2.28 bits per heavy atom. The third-order valence-corrected chi connectivity index (χ3v) is 3.21. The summed E-state index contributed by atoms with van der Waals surface area (Å²) in [4.78, 5) is 14.0. The molecule has 4 N–H and O–H groups in total. The number of hydrogen-bond acceptors (Lipinski definition) is 3. The standard InChI is InChI=1S/C12H13ClN2O3/c1-14-10(12(17)18)2-6-5-15-9-4-8(13)11(16)3-7(6)9/h3-5,10,14-16H,2H2,1H3,(H,17,18)/t10-/m0/s1. The Labute approximate surface area is 108 Å².